The maximum atomic E-state index is 13.6. The van der Waals surface area contributed by atoms with E-state index in [0.717, 1.165) is 29.4 Å². The molecule has 0 saturated heterocycles. The Balaban J connectivity index is 2.04. The summed E-state index contributed by atoms with van der Waals surface area (Å²) in [5, 5.41) is 0.744. The van der Waals surface area contributed by atoms with Crippen LogP contribution in [0.2, 0.25) is 0 Å². The molecular weight excluding hydrogens is 380 g/mol. The number of aryl methyl sites for hydroxylation is 2. The van der Waals surface area contributed by atoms with Gasteiger partial charge in [-0.05, 0) is 56.9 Å². The highest BCUT2D eigenvalue weighted by atomic mass is 16.5. The molecule has 5 nitrogen and oxygen atoms in total. The fraction of sp³-hybridized carbons (Fsp3) is 0.320. The number of hydrogen-bond donors (Lipinski definition) is 0. The number of ketones is 2. The zero-order valence-corrected chi connectivity index (χ0v) is 17.6. The highest BCUT2D eigenvalue weighted by molar-refractivity contribution is 6.32. The number of unbranched alkanes of at least 4 members (excludes halogenated alkanes) is 1. The lowest BCUT2D eigenvalue weighted by Crippen LogP contribution is -2.24. The van der Waals surface area contributed by atoms with Crippen LogP contribution in [0.4, 0.5) is 0 Å². The largest absolute Gasteiger partial charge is 0.490 e. The highest BCUT2D eigenvalue weighted by Gasteiger charge is 2.36. The topological polar surface area (TPSA) is 73.6 Å². The number of rotatable bonds is 5. The van der Waals surface area contributed by atoms with Crippen molar-refractivity contribution in [3.05, 3.63) is 74.1 Å². The van der Waals surface area contributed by atoms with E-state index in [2.05, 4.69) is 6.92 Å². The normalized spacial score (nSPS) is 13.0. The van der Waals surface area contributed by atoms with Crippen molar-refractivity contribution in [3.8, 4) is 5.75 Å². The second-order valence-electron chi connectivity index (χ2n) is 8.02. The molecule has 0 bridgehead atoms. The second kappa shape index (κ2) is 7.56. The van der Waals surface area contributed by atoms with Crippen molar-refractivity contribution in [1.82, 2.24) is 0 Å². The SMILES string of the molecule is CCCCc1cc(=O)oc2c3c(cc(C)c12)C(=O)c1cccc(OC(C)C)c1C3=O. The van der Waals surface area contributed by atoms with Crippen molar-refractivity contribution < 1.29 is 18.7 Å². The molecule has 1 aromatic heterocycles. The van der Waals surface area contributed by atoms with E-state index < -0.39 is 5.63 Å². The van der Waals surface area contributed by atoms with Gasteiger partial charge in [0.05, 0.1) is 17.2 Å². The summed E-state index contributed by atoms with van der Waals surface area (Å²) in [4.78, 5) is 39.2. The lowest BCUT2D eigenvalue weighted by atomic mass is 9.81. The van der Waals surface area contributed by atoms with Gasteiger partial charge in [-0.1, -0.05) is 25.5 Å². The fourth-order valence-corrected chi connectivity index (χ4v) is 4.18. The standard InChI is InChI=1S/C25H24O5/c1-5-6-8-15-12-19(26)30-25-20(15)14(4)11-17-22(25)24(28)21-16(23(17)27)9-7-10-18(21)29-13(2)3/h7,9-13H,5-6,8H2,1-4H3. The molecule has 1 aliphatic rings. The molecule has 30 heavy (non-hydrogen) atoms. The average Bonchev–Trinajstić information content (AvgIpc) is 2.69. The molecule has 2 aromatic carbocycles. The van der Waals surface area contributed by atoms with Crippen molar-refractivity contribution in [3.63, 3.8) is 0 Å². The molecule has 1 heterocycles. The molecule has 4 rings (SSSR count). The molecule has 0 N–H and O–H groups in total. The lowest BCUT2D eigenvalue weighted by Gasteiger charge is -2.23. The summed E-state index contributed by atoms with van der Waals surface area (Å²) in [6, 6.07) is 8.27. The minimum Gasteiger partial charge on any atom is -0.490 e. The summed E-state index contributed by atoms with van der Waals surface area (Å²) >= 11 is 0. The van der Waals surface area contributed by atoms with Crippen LogP contribution < -0.4 is 10.4 Å². The van der Waals surface area contributed by atoms with Gasteiger partial charge in [-0.3, -0.25) is 9.59 Å². The quantitative estimate of drug-likeness (QED) is 0.437. The van der Waals surface area contributed by atoms with E-state index in [4.69, 9.17) is 9.15 Å². The smallest absolute Gasteiger partial charge is 0.336 e. The van der Waals surface area contributed by atoms with Crippen LogP contribution in [0.1, 0.15) is 76.6 Å². The number of benzene rings is 2. The summed E-state index contributed by atoms with van der Waals surface area (Å²) in [5.41, 5.74) is 2.33. The zero-order chi connectivity index (χ0) is 21.6. The Hall–Kier alpha value is -3.21. The Morgan fingerprint density at radius 1 is 1.00 bits per heavy atom. The molecular formula is C25H24O5. The average molecular weight is 404 g/mol. The Morgan fingerprint density at radius 2 is 1.77 bits per heavy atom. The second-order valence-corrected chi connectivity index (χ2v) is 8.02. The van der Waals surface area contributed by atoms with Gasteiger partial charge >= 0.3 is 5.63 Å². The predicted octanol–water partition coefficient (Wildman–Crippen LogP) is 5.01. The third kappa shape index (κ3) is 3.15. The van der Waals surface area contributed by atoms with Gasteiger partial charge in [-0.25, -0.2) is 4.79 Å². The van der Waals surface area contributed by atoms with Crippen molar-refractivity contribution in [2.45, 2.75) is 53.1 Å². The van der Waals surface area contributed by atoms with Gasteiger partial charge in [0.15, 0.2) is 11.4 Å². The van der Waals surface area contributed by atoms with Gasteiger partial charge in [0, 0.05) is 22.6 Å². The number of carbonyl (C=O) groups excluding carboxylic acids is 2. The van der Waals surface area contributed by atoms with Crippen LogP contribution in [0.5, 0.6) is 5.75 Å². The van der Waals surface area contributed by atoms with Gasteiger partial charge in [0.25, 0.3) is 0 Å². The summed E-state index contributed by atoms with van der Waals surface area (Å²) in [5.74, 6) is -0.248. The van der Waals surface area contributed by atoms with Gasteiger partial charge in [-0.15, -0.1) is 0 Å². The van der Waals surface area contributed by atoms with E-state index in [0.29, 0.717) is 17.7 Å². The molecule has 0 radical (unpaired) electrons. The Labute approximate surface area is 174 Å². The van der Waals surface area contributed by atoms with Crippen LogP contribution in [0.15, 0.2) is 39.5 Å². The number of hydrogen-bond acceptors (Lipinski definition) is 5. The molecule has 5 heteroatoms. The van der Waals surface area contributed by atoms with Gasteiger partial charge < -0.3 is 9.15 Å². The molecule has 0 fully saturated rings. The summed E-state index contributed by atoms with van der Waals surface area (Å²) in [6.07, 6.45) is 2.44. The first kappa shape index (κ1) is 20.1. The monoisotopic (exact) mass is 404 g/mol. The van der Waals surface area contributed by atoms with Gasteiger partial charge in [0.2, 0.25) is 5.78 Å². The Kier molecular flexibility index (Phi) is 5.06. The van der Waals surface area contributed by atoms with Crippen molar-refractivity contribution in [2.24, 2.45) is 0 Å². The lowest BCUT2D eigenvalue weighted by molar-refractivity contribution is 0.0974. The third-order valence-electron chi connectivity index (χ3n) is 5.43. The molecule has 154 valence electrons. The maximum absolute atomic E-state index is 13.6. The van der Waals surface area contributed by atoms with Crippen LogP contribution in [0.3, 0.4) is 0 Å². The molecule has 0 saturated carbocycles. The summed E-state index contributed by atoms with van der Waals surface area (Å²) < 4.78 is 11.4. The molecule has 0 amide bonds. The van der Waals surface area contributed by atoms with Crippen LogP contribution in [-0.4, -0.2) is 17.7 Å². The fourth-order valence-electron chi connectivity index (χ4n) is 4.18. The van der Waals surface area contributed by atoms with E-state index in [9.17, 15) is 14.4 Å². The minimum atomic E-state index is -0.515. The first-order valence-corrected chi connectivity index (χ1v) is 10.3. The van der Waals surface area contributed by atoms with E-state index >= 15 is 0 Å². The zero-order valence-electron chi connectivity index (χ0n) is 17.6. The van der Waals surface area contributed by atoms with Crippen LogP contribution in [0.25, 0.3) is 11.0 Å². The molecule has 3 aromatic rings. The van der Waals surface area contributed by atoms with Crippen molar-refractivity contribution in [2.75, 3.05) is 0 Å². The first-order valence-electron chi connectivity index (χ1n) is 10.3. The van der Waals surface area contributed by atoms with E-state index in [-0.39, 0.29) is 39.9 Å². The van der Waals surface area contributed by atoms with Crippen LogP contribution >= 0.6 is 0 Å². The van der Waals surface area contributed by atoms with Crippen molar-refractivity contribution in [1.29, 1.82) is 0 Å². The maximum Gasteiger partial charge on any atom is 0.336 e. The van der Waals surface area contributed by atoms with E-state index in [1.807, 2.05) is 20.8 Å². The van der Waals surface area contributed by atoms with Crippen molar-refractivity contribution >= 4 is 22.5 Å². The summed E-state index contributed by atoms with van der Waals surface area (Å²) in [7, 11) is 0. The number of fused-ring (bicyclic) bond motifs is 4. The Morgan fingerprint density at radius 3 is 2.47 bits per heavy atom. The molecule has 1 aliphatic carbocycles. The third-order valence-corrected chi connectivity index (χ3v) is 5.43. The van der Waals surface area contributed by atoms with Crippen LogP contribution in [0, 0.1) is 6.92 Å². The van der Waals surface area contributed by atoms with Crippen LogP contribution in [-0.2, 0) is 6.42 Å². The predicted molar refractivity (Wildman–Crippen MR) is 115 cm³/mol. The summed E-state index contributed by atoms with van der Waals surface area (Å²) in [6.45, 7) is 7.68. The van der Waals surface area contributed by atoms with Gasteiger partial charge in [0.1, 0.15) is 5.75 Å². The van der Waals surface area contributed by atoms with E-state index in [1.165, 1.54) is 6.07 Å². The molecule has 0 unspecified atom stereocenters. The molecule has 0 atom stereocenters. The number of ether oxygens (including phenoxy) is 1. The van der Waals surface area contributed by atoms with Gasteiger partial charge in [-0.2, -0.15) is 0 Å². The molecule has 0 aliphatic heterocycles. The first-order chi connectivity index (χ1) is 14.3. The highest BCUT2D eigenvalue weighted by Crippen LogP contribution is 2.38. The Bertz CT molecular complexity index is 1250. The number of carbonyl (C=O) groups is 2. The molecule has 0 spiro atoms. The minimum absolute atomic E-state index is 0.156. The van der Waals surface area contributed by atoms with E-state index in [1.54, 1.807) is 24.3 Å².